The molecule has 108 valence electrons. The molecule has 3 atom stereocenters. The molecule has 0 amide bonds. The Balaban J connectivity index is 2.46. The van der Waals surface area contributed by atoms with E-state index in [4.69, 9.17) is 0 Å². The van der Waals surface area contributed by atoms with Gasteiger partial charge < -0.3 is 5.32 Å². The van der Waals surface area contributed by atoms with Crippen LogP contribution in [0.25, 0.3) is 0 Å². The lowest BCUT2D eigenvalue weighted by molar-refractivity contribution is 0.462. The normalized spacial score (nSPS) is 26.8. The maximum atomic E-state index is 12.5. The summed E-state index contributed by atoms with van der Waals surface area (Å²) in [4.78, 5) is 0. The number of hydrogen-bond acceptors (Lipinski definition) is 2. The molecule has 0 saturated heterocycles. The van der Waals surface area contributed by atoms with E-state index in [1.165, 1.54) is 51.4 Å². The van der Waals surface area contributed by atoms with Crippen molar-refractivity contribution in [3.05, 3.63) is 0 Å². The van der Waals surface area contributed by atoms with Gasteiger partial charge in [0.15, 0.2) is 0 Å². The standard InChI is InChI=1S/C15H31NOS/c1-3-5-9-13-18(17)15-11-8-6-7-10-14(15)16-12-4-2/h14-16H,3-13H2,1-2H3. The molecule has 1 N–H and O–H groups in total. The summed E-state index contributed by atoms with van der Waals surface area (Å²) in [6.07, 6.45) is 11.1. The second-order valence-electron chi connectivity index (χ2n) is 5.53. The predicted molar refractivity (Wildman–Crippen MR) is 81.5 cm³/mol. The zero-order chi connectivity index (χ0) is 13.2. The van der Waals surface area contributed by atoms with Crippen LogP contribution in [0, 0.1) is 0 Å². The van der Waals surface area contributed by atoms with Crippen LogP contribution in [-0.2, 0) is 10.8 Å². The molecule has 0 heterocycles. The Kier molecular flexibility index (Phi) is 8.95. The number of unbranched alkanes of at least 4 members (excludes halogenated alkanes) is 2. The maximum absolute atomic E-state index is 12.5. The highest BCUT2D eigenvalue weighted by Gasteiger charge is 2.27. The fraction of sp³-hybridized carbons (Fsp3) is 1.00. The molecule has 3 unspecified atom stereocenters. The average molecular weight is 273 g/mol. The van der Waals surface area contributed by atoms with Gasteiger partial charge in [-0.25, -0.2) is 0 Å². The lowest BCUT2D eigenvalue weighted by Gasteiger charge is -2.25. The van der Waals surface area contributed by atoms with Crippen molar-refractivity contribution in [1.82, 2.24) is 5.32 Å². The van der Waals surface area contributed by atoms with Crippen molar-refractivity contribution in [2.24, 2.45) is 0 Å². The van der Waals surface area contributed by atoms with Crippen molar-refractivity contribution < 1.29 is 4.21 Å². The molecule has 18 heavy (non-hydrogen) atoms. The van der Waals surface area contributed by atoms with Crippen LogP contribution in [0.3, 0.4) is 0 Å². The third kappa shape index (κ3) is 5.83. The fourth-order valence-electron chi connectivity index (χ4n) is 2.80. The molecule has 1 aliphatic carbocycles. The van der Waals surface area contributed by atoms with Crippen molar-refractivity contribution in [2.45, 2.75) is 82.9 Å². The van der Waals surface area contributed by atoms with E-state index in [1.54, 1.807) is 0 Å². The van der Waals surface area contributed by atoms with E-state index in [-0.39, 0.29) is 0 Å². The van der Waals surface area contributed by atoms with Crippen LogP contribution < -0.4 is 5.32 Å². The summed E-state index contributed by atoms with van der Waals surface area (Å²) in [6, 6.07) is 0.509. The van der Waals surface area contributed by atoms with E-state index in [0.29, 0.717) is 11.3 Å². The van der Waals surface area contributed by atoms with E-state index in [0.717, 1.165) is 18.7 Å². The van der Waals surface area contributed by atoms with Crippen LogP contribution in [0.2, 0.25) is 0 Å². The average Bonchev–Trinajstić information content (AvgIpc) is 2.61. The minimum Gasteiger partial charge on any atom is -0.313 e. The molecule has 2 nitrogen and oxygen atoms in total. The first-order valence-corrected chi connectivity index (χ1v) is 9.28. The fourth-order valence-corrected chi connectivity index (χ4v) is 4.62. The maximum Gasteiger partial charge on any atom is 0.0501 e. The zero-order valence-electron chi connectivity index (χ0n) is 12.2. The summed E-state index contributed by atoms with van der Waals surface area (Å²) in [5, 5.41) is 4.05. The third-order valence-electron chi connectivity index (χ3n) is 3.90. The summed E-state index contributed by atoms with van der Waals surface area (Å²) < 4.78 is 12.5. The first kappa shape index (κ1) is 16.2. The molecular formula is C15H31NOS. The molecule has 0 aromatic carbocycles. The van der Waals surface area contributed by atoms with E-state index in [2.05, 4.69) is 19.2 Å². The molecule has 3 heteroatoms. The van der Waals surface area contributed by atoms with Crippen molar-refractivity contribution >= 4 is 10.8 Å². The second-order valence-corrected chi connectivity index (χ2v) is 7.30. The van der Waals surface area contributed by atoms with Gasteiger partial charge in [0.05, 0.1) is 5.25 Å². The topological polar surface area (TPSA) is 29.1 Å². The van der Waals surface area contributed by atoms with Crippen LogP contribution in [0.15, 0.2) is 0 Å². The largest absolute Gasteiger partial charge is 0.313 e. The van der Waals surface area contributed by atoms with E-state index in [9.17, 15) is 4.21 Å². The summed E-state index contributed by atoms with van der Waals surface area (Å²) in [5.74, 6) is 0.919. The monoisotopic (exact) mass is 273 g/mol. The number of hydrogen-bond donors (Lipinski definition) is 1. The SMILES string of the molecule is CCCCCS(=O)C1CCCCCC1NCCC. The van der Waals surface area contributed by atoms with E-state index < -0.39 is 10.8 Å². The first-order chi connectivity index (χ1) is 8.79. The zero-order valence-corrected chi connectivity index (χ0v) is 13.1. The minimum absolute atomic E-state index is 0.413. The summed E-state index contributed by atoms with van der Waals surface area (Å²) in [6.45, 7) is 5.49. The van der Waals surface area contributed by atoms with Gasteiger partial charge in [-0.15, -0.1) is 0 Å². The van der Waals surface area contributed by atoms with Crippen molar-refractivity contribution in [1.29, 1.82) is 0 Å². The molecule has 0 aromatic rings. The Hall–Kier alpha value is 0.110. The Bertz CT molecular complexity index is 233. The molecule has 0 radical (unpaired) electrons. The van der Waals surface area contributed by atoms with Crippen molar-refractivity contribution in [3.63, 3.8) is 0 Å². The first-order valence-electron chi connectivity index (χ1n) is 7.90. The Morgan fingerprint density at radius 3 is 2.56 bits per heavy atom. The van der Waals surface area contributed by atoms with Crippen molar-refractivity contribution in [3.8, 4) is 0 Å². The van der Waals surface area contributed by atoms with Gasteiger partial charge in [-0.05, 0) is 32.2 Å². The Labute approximate surface area is 116 Å². The molecule has 1 rings (SSSR count). The third-order valence-corrected chi connectivity index (χ3v) is 5.83. The van der Waals surface area contributed by atoms with Gasteiger partial charge in [-0.2, -0.15) is 0 Å². The summed E-state index contributed by atoms with van der Waals surface area (Å²) >= 11 is 0. The summed E-state index contributed by atoms with van der Waals surface area (Å²) in [5.41, 5.74) is 0. The van der Waals surface area contributed by atoms with Gasteiger partial charge >= 0.3 is 0 Å². The van der Waals surface area contributed by atoms with Gasteiger partial charge in [0.2, 0.25) is 0 Å². The lowest BCUT2D eigenvalue weighted by Crippen LogP contribution is -2.42. The molecule has 0 spiro atoms. The van der Waals surface area contributed by atoms with Gasteiger partial charge in [-0.1, -0.05) is 46.0 Å². The Morgan fingerprint density at radius 1 is 1.06 bits per heavy atom. The molecule has 1 fully saturated rings. The number of nitrogens with one attached hydrogen (secondary N) is 1. The molecule has 0 aromatic heterocycles. The van der Waals surface area contributed by atoms with Crippen LogP contribution in [-0.4, -0.2) is 27.8 Å². The second kappa shape index (κ2) is 9.96. The predicted octanol–water partition coefficient (Wildman–Crippen LogP) is 3.63. The smallest absolute Gasteiger partial charge is 0.0501 e. The van der Waals surface area contributed by atoms with E-state index in [1.807, 2.05) is 0 Å². The van der Waals surface area contributed by atoms with Gasteiger partial charge in [0.25, 0.3) is 0 Å². The molecule has 1 saturated carbocycles. The summed E-state index contributed by atoms with van der Waals surface area (Å²) in [7, 11) is -0.615. The molecule has 1 aliphatic rings. The highest BCUT2D eigenvalue weighted by Crippen LogP contribution is 2.23. The van der Waals surface area contributed by atoms with Gasteiger partial charge in [0, 0.05) is 22.6 Å². The number of rotatable bonds is 8. The van der Waals surface area contributed by atoms with Crippen LogP contribution in [0.5, 0.6) is 0 Å². The Morgan fingerprint density at radius 2 is 1.83 bits per heavy atom. The highest BCUT2D eigenvalue weighted by molar-refractivity contribution is 7.85. The van der Waals surface area contributed by atoms with Gasteiger partial charge in [-0.3, -0.25) is 4.21 Å². The lowest BCUT2D eigenvalue weighted by atomic mass is 10.1. The molecule has 0 bridgehead atoms. The highest BCUT2D eigenvalue weighted by atomic mass is 32.2. The van der Waals surface area contributed by atoms with Gasteiger partial charge in [0.1, 0.15) is 0 Å². The van der Waals surface area contributed by atoms with Crippen LogP contribution >= 0.6 is 0 Å². The molecular weight excluding hydrogens is 242 g/mol. The quantitative estimate of drug-likeness (QED) is 0.540. The van der Waals surface area contributed by atoms with Crippen LogP contribution in [0.4, 0.5) is 0 Å². The minimum atomic E-state index is -0.615. The van der Waals surface area contributed by atoms with Crippen molar-refractivity contribution in [2.75, 3.05) is 12.3 Å². The molecule has 0 aliphatic heterocycles. The van der Waals surface area contributed by atoms with Crippen LogP contribution in [0.1, 0.15) is 71.6 Å². The van der Waals surface area contributed by atoms with E-state index >= 15 is 0 Å².